The van der Waals surface area contributed by atoms with E-state index in [-0.39, 0.29) is 22.6 Å². The molecule has 3 aliphatic rings. The molecular weight excluding hydrogens is 292 g/mol. The number of anilines is 1. The number of hydrogen-bond acceptors (Lipinski definition) is 3. The molecular formula is C18H12N2OS. The SMILES string of the molecule is N#CC1C[C@@]23Sc4ccccc4N2C(=O)c2ccccc2[C@@H]13. The zero-order valence-electron chi connectivity index (χ0n) is 11.7. The van der Waals surface area contributed by atoms with Gasteiger partial charge < -0.3 is 0 Å². The molecule has 4 heteroatoms. The van der Waals surface area contributed by atoms with Gasteiger partial charge in [0.2, 0.25) is 0 Å². The van der Waals surface area contributed by atoms with Crippen molar-refractivity contribution in [1.29, 1.82) is 5.26 Å². The van der Waals surface area contributed by atoms with E-state index in [9.17, 15) is 10.1 Å². The van der Waals surface area contributed by atoms with Crippen LogP contribution in [-0.4, -0.2) is 10.8 Å². The fourth-order valence-electron chi connectivity index (χ4n) is 4.16. The van der Waals surface area contributed by atoms with Crippen molar-refractivity contribution < 1.29 is 4.79 Å². The summed E-state index contributed by atoms with van der Waals surface area (Å²) in [4.78, 5) is 15.9. The molecule has 0 aromatic heterocycles. The molecule has 0 saturated heterocycles. The zero-order chi connectivity index (χ0) is 14.9. The van der Waals surface area contributed by atoms with E-state index < -0.39 is 0 Å². The van der Waals surface area contributed by atoms with Crippen molar-refractivity contribution in [3.63, 3.8) is 0 Å². The minimum Gasteiger partial charge on any atom is -0.291 e. The average molecular weight is 304 g/mol. The Balaban J connectivity index is 1.79. The maximum Gasteiger partial charge on any atom is 0.259 e. The topological polar surface area (TPSA) is 44.1 Å². The third-order valence-electron chi connectivity index (χ3n) is 5.07. The van der Waals surface area contributed by atoms with Crippen molar-refractivity contribution in [3.05, 3.63) is 59.7 Å². The van der Waals surface area contributed by atoms with E-state index in [0.29, 0.717) is 0 Å². The van der Waals surface area contributed by atoms with Crippen LogP contribution < -0.4 is 4.90 Å². The van der Waals surface area contributed by atoms with E-state index in [1.54, 1.807) is 11.8 Å². The van der Waals surface area contributed by atoms with Gasteiger partial charge in [0.1, 0.15) is 4.87 Å². The Labute approximate surface area is 132 Å². The summed E-state index contributed by atoms with van der Waals surface area (Å²) < 4.78 is 0. The van der Waals surface area contributed by atoms with Crippen LogP contribution in [0.5, 0.6) is 0 Å². The lowest BCUT2D eigenvalue weighted by molar-refractivity contribution is 0.0896. The summed E-state index contributed by atoms with van der Waals surface area (Å²) in [5.74, 6) is 0.156. The van der Waals surface area contributed by atoms with Crippen LogP contribution in [-0.2, 0) is 0 Å². The molecule has 106 valence electrons. The lowest BCUT2D eigenvalue weighted by atomic mass is 9.62. The van der Waals surface area contributed by atoms with Gasteiger partial charge in [0, 0.05) is 16.4 Å². The van der Waals surface area contributed by atoms with Crippen molar-refractivity contribution in [2.24, 2.45) is 5.92 Å². The minimum atomic E-state index is -0.296. The maximum absolute atomic E-state index is 13.1. The fourth-order valence-corrected chi connectivity index (χ4v) is 5.91. The standard InChI is InChI=1S/C18H12N2OS/c19-10-11-9-18-16(11)12-5-1-2-6-13(12)17(21)20(18)14-7-3-4-8-15(14)22-18/h1-8,11,16H,9H2/t11?,16-,18+/m1/s1. The highest BCUT2D eigenvalue weighted by molar-refractivity contribution is 8.01. The first kappa shape index (κ1) is 12.3. The van der Waals surface area contributed by atoms with Crippen LogP contribution in [0.3, 0.4) is 0 Å². The smallest absolute Gasteiger partial charge is 0.259 e. The van der Waals surface area contributed by atoms with E-state index in [0.717, 1.165) is 28.1 Å². The van der Waals surface area contributed by atoms with Gasteiger partial charge >= 0.3 is 0 Å². The predicted octanol–water partition coefficient (Wildman–Crippen LogP) is 3.78. The molecule has 1 spiro atoms. The van der Waals surface area contributed by atoms with E-state index in [4.69, 9.17) is 0 Å². The number of nitrogens with zero attached hydrogens (tertiary/aromatic N) is 2. The highest BCUT2D eigenvalue weighted by Crippen LogP contribution is 2.69. The average Bonchev–Trinajstić information content (AvgIpc) is 2.88. The third-order valence-corrected chi connectivity index (χ3v) is 6.59. The molecule has 2 aliphatic heterocycles. The summed E-state index contributed by atoms with van der Waals surface area (Å²) >= 11 is 1.76. The summed E-state index contributed by atoms with van der Waals surface area (Å²) in [5.41, 5.74) is 2.79. The Kier molecular flexibility index (Phi) is 2.20. The molecule has 1 fully saturated rings. The Morgan fingerprint density at radius 1 is 1.18 bits per heavy atom. The van der Waals surface area contributed by atoms with Crippen molar-refractivity contribution in [3.8, 4) is 6.07 Å². The summed E-state index contributed by atoms with van der Waals surface area (Å²) in [6.45, 7) is 0. The lowest BCUT2D eigenvalue weighted by Crippen LogP contribution is -2.63. The zero-order valence-corrected chi connectivity index (χ0v) is 12.5. The Bertz CT molecular complexity index is 871. The number of benzene rings is 2. The number of nitriles is 1. The molecule has 22 heavy (non-hydrogen) atoms. The predicted molar refractivity (Wildman–Crippen MR) is 84.7 cm³/mol. The van der Waals surface area contributed by atoms with Crippen LogP contribution in [0.4, 0.5) is 5.69 Å². The number of hydrogen-bond donors (Lipinski definition) is 0. The summed E-state index contributed by atoms with van der Waals surface area (Å²) in [5, 5.41) is 9.49. The van der Waals surface area contributed by atoms with Gasteiger partial charge in [-0.1, -0.05) is 42.1 Å². The first-order valence-electron chi connectivity index (χ1n) is 7.37. The van der Waals surface area contributed by atoms with Crippen LogP contribution in [0.2, 0.25) is 0 Å². The van der Waals surface area contributed by atoms with Gasteiger partial charge in [0.25, 0.3) is 5.91 Å². The molecule has 2 aromatic carbocycles. The highest BCUT2D eigenvalue weighted by atomic mass is 32.2. The molecule has 1 saturated carbocycles. The molecule has 0 radical (unpaired) electrons. The molecule has 1 unspecified atom stereocenters. The molecule has 3 atom stereocenters. The molecule has 2 aromatic rings. The molecule has 0 N–H and O–H groups in total. The Morgan fingerprint density at radius 2 is 1.95 bits per heavy atom. The van der Waals surface area contributed by atoms with Gasteiger partial charge in [0.05, 0.1) is 17.7 Å². The van der Waals surface area contributed by atoms with E-state index >= 15 is 0 Å². The van der Waals surface area contributed by atoms with Gasteiger partial charge in [-0.3, -0.25) is 9.69 Å². The van der Waals surface area contributed by atoms with Gasteiger partial charge in [-0.05, 0) is 30.2 Å². The first-order valence-corrected chi connectivity index (χ1v) is 8.19. The van der Waals surface area contributed by atoms with Gasteiger partial charge in [-0.15, -0.1) is 0 Å². The highest BCUT2D eigenvalue weighted by Gasteiger charge is 2.66. The van der Waals surface area contributed by atoms with Crippen LogP contribution in [0.1, 0.15) is 28.3 Å². The molecule has 1 aliphatic carbocycles. The van der Waals surface area contributed by atoms with E-state index in [1.807, 2.05) is 47.4 Å². The van der Waals surface area contributed by atoms with Crippen LogP contribution in [0.15, 0.2) is 53.4 Å². The van der Waals surface area contributed by atoms with Gasteiger partial charge in [-0.2, -0.15) is 5.26 Å². The van der Waals surface area contributed by atoms with Crippen molar-refractivity contribution in [2.75, 3.05) is 4.90 Å². The van der Waals surface area contributed by atoms with Gasteiger partial charge in [0.15, 0.2) is 0 Å². The number of carbonyl (C=O) groups excluding carboxylic acids is 1. The second-order valence-electron chi connectivity index (χ2n) is 6.06. The van der Waals surface area contributed by atoms with Crippen molar-refractivity contribution in [2.45, 2.75) is 22.1 Å². The normalized spacial score (nSPS) is 30.5. The number of para-hydroxylation sites is 1. The fraction of sp³-hybridized carbons (Fsp3) is 0.222. The second-order valence-corrected chi connectivity index (χ2v) is 7.41. The van der Waals surface area contributed by atoms with Gasteiger partial charge in [-0.25, -0.2) is 0 Å². The molecule has 2 heterocycles. The molecule has 3 nitrogen and oxygen atoms in total. The monoisotopic (exact) mass is 304 g/mol. The van der Waals surface area contributed by atoms with Crippen LogP contribution in [0.25, 0.3) is 0 Å². The number of carbonyl (C=O) groups is 1. The summed E-state index contributed by atoms with van der Waals surface area (Å²) in [6.07, 6.45) is 0.744. The minimum absolute atomic E-state index is 0.0152. The summed E-state index contributed by atoms with van der Waals surface area (Å²) in [7, 11) is 0. The number of thioether (sulfide) groups is 1. The number of amides is 1. The summed E-state index contributed by atoms with van der Waals surface area (Å²) in [6, 6.07) is 18.3. The third kappa shape index (κ3) is 1.23. The van der Waals surface area contributed by atoms with Crippen LogP contribution >= 0.6 is 11.8 Å². The molecule has 0 bridgehead atoms. The second kappa shape index (κ2) is 3.93. The first-order chi connectivity index (χ1) is 10.8. The van der Waals surface area contributed by atoms with E-state index in [2.05, 4.69) is 12.1 Å². The Hall–Kier alpha value is -2.25. The quantitative estimate of drug-likeness (QED) is 0.744. The molecule has 1 amide bonds. The number of rotatable bonds is 0. The van der Waals surface area contributed by atoms with Crippen molar-refractivity contribution >= 4 is 23.4 Å². The molecule has 5 rings (SSSR count). The number of fused-ring (bicyclic) bond motifs is 4. The maximum atomic E-state index is 13.1. The lowest BCUT2D eigenvalue weighted by Gasteiger charge is -2.57. The van der Waals surface area contributed by atoms with Crippen LogP contribution in [0, 0.1) is 17.2 Å². The largest absolute Gasteiger partial charge is 0.291 e. The van der Waals surface area contributed by atoms with E-state index in [1.165, 1.54) is 0 Å². The Morgan fingerprint density at radius 3 is 2.82 bits per heavy atom. The van der Waals surface area contributed by atoms with Crippen molar-refractivity contribution in [1.82, 2.24) is 0 Å².